The molecular formula is C39H45O13P. The van der Waals surface area contributed by atoms with Crippen LogP contribution in [0.2, 0.25) is 0 Å². The summed E-state index contributed by atoms with van der Waals surface area (Å²) in [4.78, 5) is 36.2. The van der Waals surface area contributed by atoms with Gasteiger partial charge in [0.2, 0.25) is 0 Å². The van der Waals surface area contributed by atoms with Gasteiger partial charge in [0.1, 0.15) is 34.5 Å². The zero-order chi connectivity index (χ0) is 39.1. The first-order chi connectivity index (χ1) is 25.2. The molecular weight excluding hydrogens is 707 g/mol. The molecule has 0 aliphatic heterocycles. The van der Waals surface area contributed by atoms with Crippen LogP contribution in [-0.4, -0.2) is 59.1 Å². The third-order valence-electron chi connectivity index (χ3n) is 7.29. The number of hydrogen-bond acceptors (Lipinski definition) is 13. The first kappa shape index (κ1) is 41.7. The number of phosphoric acid groups is 1. The minimum atomic E-state index is -4.73. The molecule has 0 N–H and O–H groups in total. The van der Waals surface area contributed by atoms with Crippen LogP contribution in [0.1, 0.15) is 37.5 Å². The highest BCUT2D eigenvalue weighted by Crippen LogP contribution is 2.52. The first-order valence-electron chi connectivity index (χ1n) is 16.4. The number of hydrogen-bond donors (Lipinski definition) is 0. The summed E-state index contributed by atoms with van der Waals surface area (Å²) >= 11 is 0. The molecule has 0 amide bonds. The fraction of sp³-hybridized carbons (Fsp3) is 0.308. The van der Waals surface area contributed by atoms with Crippen molar-refractivity contribution >= 4 is 25.7 Å². The van der Waals surface area contributed by atoms with E-state index in [2.05, 4.69) is 19.7 Å². The van der Waals surface area contributed by atoms with Gasteiger partial charge < -0.3 is 42.0 Å². The third-order valence-corrected chi connectivity index (χ3v) is 8.55. The molecule has 0 radical (unpaired) electrons. The van der Waals surface area contributed by atoms with Crippen molar-refractivity contribution in [2.24, 2.45) is 0 Å². The Balaban J connectivity index is 2.09. The number of phosphoric ester groups is 1. The summed E-state index contributed by atoms with van der Waals surface area (Å²) in [6, 6.07) is 14.2. The van der Waals surface area contributed by atoms with Crippen LogP contribution in [0, 0.1) is 0 Å². The van der Waals surface area contributed by atoms with Gasteiger partial charge in [-0.15, -0.1) is 0 Å². The normalized spacial score (nSPS) is 10.7. The molecule has 284 valence electrons. The summed E-state index contributed by atoms with van der Waals surface area (Å²) < 4.78 is 65.6. The van der Waals surface area contributed by atoms with Gasteiger partial charge in [-0.3, -0.25) is 0 Å². The van der Waals surface area contributed by atoms with Gasteiger partial charge in [-0.1, -0.05) is 19.7 Å². The SMILES string of the molecule is C=C(C)C(=O)OCCc1cc(OC)ccc1OP(=O)(Oc1ccc(OC)cc1CCOC(=O)C(=C)C)Oc1ccc(OC)cc1CCOC(=O)C(=C)C. The minimum Gasteiger partial charge on any atom is -0.497 e. The molecule has 3 rings (SSSR count). The second-order valence-corrected chi connectivity index (χ2v) is 13.1. The van der Waals surface area contributed by atoms with Gasteiger partial charge in [-0.05, 0) is 75.4 Å². The monoisotopic (exact) mass is 752 g/mol. The standard InChI is InChI=1S/C39H45O13P/c1-25(2)37(40)47-19-16-28-22-31(44-7)10-13-34(28)50-53(43,51-35-14-11-32(45-8)23-29(35)17-20-48-38(41)26(3)4)52-36-15-12-33(46-9)24-30(36)18-21-49-39(42)27(5)6/h10-15,22-24H,1,3,5,16-21H2,2,4,6-9H3. The molecule has 0 aliphatic rings. The quantitative estimate of drug-likeness (QED) is 0.0462. The van der Waals surface area contributed by atoms with Gasteiger partial charge in [0.25, 0.3) is 0 Å². The largest absolute Gasteiger partial charge is 0.647 e. The molecule has 14 heteroatoms. The van der Waals surface area contributed by atoms with Crippen LogP contribution < -0.4 is 27.8 Å². The van der Waals surface area contributed by atoms with Crippen molar-refractivity contribution in [2.45, 2.75) is 40.0 Å². The van der Waals surface area contributed by atoms with Gasteiger partial charge in [-0.25, -0.2) is 14.4 Å². The Morgan fingerprint density at radius 2 is 0.774 bits per heavy atom. The van der Waals surface area contributed by atoms with Crippen molar-refractivity contribution in [1.29, 1.82) is 0 Å². The highest BCUT2D eigenvalue weighted by Gasteiger charge is 2.36. The molecule has 0 fully saturated rings. The van der Waals surface area contributed by atoms with Crippen molar-refractivity contribution in [1.82, 2.24) is 0 Å². The summed E-state index contributed by atoms with van der Waals surface area (Å²) in [6.07, 6.45) is 0.403. The van der Waals surface area contributed by atoms with Crippen LogP contribution in [0.4, 0.5) is 0 Å². The van der Waals surface area contributed by atoms with E-state index < -0.39 is 25.7 Å². The molecule has 0 atom stereocenters. The van der Waals surface area contributed by atoms with Crippen LogP contribution >= 0.6 is 7.82 Å². The molecule has 3 aromatic rings. The van der Waals surface area contributed by atoms with Crippen LogP contribution in [0.5, 0.6) is 34.5 Å². The lowest BCUT2D eigenvalue weighted by atomic mass is 10.1. The van der Waals surface area contributed by atoms with Crippen molar-refractivity contribution in [3.8, 4) is 34.5 Å². The van der Waals surface area contributed by atoms with Gasteiger partial charge in [0.15, 0.2) is 0 Å². The van der Waals surface area contributed by atoms with Crippen molar-refractivity contribution in [3.63, 3.8) is 0 Å². The summed E-state index contributed by atoms with van der Waals surface area (Å²) in [7, 11) is -0.280. The van der Waals surface area contributed by atoms with Gasteiger partial charge in [-0.2, -0.15) is 4.57 Å². The number of methoxy groups -OCH3 is 3. The summed E-state index contributed by atoms with van der Waals surface area (Å²) in [5.41, 5.74) is 2.05. The van der Waals surface area contributed by atoms with Crippen LogP contribution in [0.3, 0.4) is 0 Å². The Bertz CT molecular complexity index is 1670. The fourth-order valence-corrected chi connectivity index (χ4v) is 5.82. The molecule has 13 nitrogen and oxygen atoms in total. The molecule has 0 spiro atoms. The first-order valence-corrected chi connectivity index (χ1v) is 17.8. The Morgan fingerprint density at radius 3 is 1.00 bits per heavy atom. The number of carbonyl (C=O) groups excluding carboxylic acids is 3. The van der Waals surface area contributed by atoms with E-state index in [1.165, 1.54) is 60.3 Å². The van der Waals surface area contributed by atoms with Crippen LogP contribution in [0.25, 0.3) is 0 Å². The second-order valence-electron chi connectivity index (χ2n) is 11.6. The number of benzene rings is 3. The fourth-order valence-electron chi connectivity index (χ4n) is 4.45. The Hall–Kier alpha value is -5.68. The predicted octanol–water partition coefficient (Wildman–Crippen LogP) is 7.34. The molecule has 53 heavy (non-hydrogen) atoms. The van der Waals surface area contributed by atoms with E-state index in [4.69, 9.17) is 42.0 Å². The van der Waals surface area contributed by atoms with E-state index in [-0.39, 0.29) is 73.1 Å². The van der Waals surface area contributed by atoms with Gasteiger partial charge in [0.05, 0.1) is 41.2 Å². The number of esters is 3. The van der Waals surface area contributed by atoms with E-state index in [0.717, 1.165) is 0 Å². The topological polar surface area (TPSA) is 151 Å². The molecule has 0 unspecified atom stereocenters. The Labute approximate surface area is 309 Å². The smallest absolute Gasteiger partial charge is 0.497 e. The maximum absolute atomic E-state index is 15.0. The van der Waals surface area contributed by atoms with E-state index in [1.54, 1.807) is 36.4 Å². The van der Waals surface area contributed by atoms with E-state index in [0.29, 0.717) is 33.9 Å². The Morgan fingerprint density at radius 1 is 0.509 bits per heavy atom. The van der Waals surface area contributed by atoms with Crippen molar-refractivity contribution in [2.75, 3.05) is 41.2 Å². The van der Waals surface area contributed by atoms with Crippen LogP contribution in [0.15, 0.2) is 91.1 Å². The lowest BCUT2D eigenvalue weighted by Gasteiger charge is -2.24. The third kappa shape index (κ3) is 12.8. The van der Waals surface area contributed by atoms with Crippen molar-refractivity contribution in [3.05, 3.63) is 108 Å². The second kappa shape index (κ2) is 19.8. The summed E-state index contributed by atoms with van der Waals surface area (Å²) in [6.45, 7) is 15.2. The number of ether oxygens (including phenoxy) is 6. The highest BCUT2D eigenvalue weighted by atomic mass is 31.2. The number of rotatable bonds is 21. The maximum atomic E-state index is 15.0. The van der Waals surface area contributed by atoms with Gasteiger partial charge >= 0.3 is 25.7 Å². The lowest BCUT2D eigenvalue weighted by Crippen LogP contribution is -2.13. The zero-order valence-corrected chi connectivity index (χ0v) is 31.7. The van der Waals surface area contributed by atoms with E-state index in [1.807, 2.05) is 0 Å². The minimum absolute atomic E-state index is 0.0572. The Kier molecular flexibility index (Phi) is 15.6. The summed E-state index contributed by atoms with van der Waals surface area (Å²) in [5.74, 6) is -0.112. The predicted molar refractivity (Wildman–Crippen MR) is 197 cm³/mol. The molecule has 0 heterocycles. The highest BCUT2D eigenvalue weighted by molar-refractivity contribution is 7.49. The molecule has 3 aromatic carbocycles. The van der Waals surface area contributed by atoms with Crippen molar-refractivity contribution < 1.29 is 60.9 Å². The van der Waals surface area contributed by atoms with Crippen LogP contribution in [-0.2, 0) is 52.4 Å². The molecule has 0 aliphatic carbocycles. The van der Waals surface area contributed by atoms with E-state index >= 15 is 4.57 Å². The zero-order valence-electron chi connectivity index (χ0n) is 30.8. The average Bonchev–Trinajstić information content (AvgIpc) is 3.12. The molecule has 0 saturated heterocycles. The molecule has 0 aromatic heterocycles. The maximum Gasteiger partial charge on any atom is 0.647 e. The van der Waals surface area contributed by atoms with Gasteiger partial charge in [0, 0.05) is 52.7 Å². The molecule has 0 saturated carbocycles. The molecule has 0 bridgehead atoms. The lowest BCUT2D eigenvalue weighted by molar-refractivity contribution is -0.139. The van der Waals surface area contributed by atoms with E-state index in [9.17, 15) is 14.4 Å². The average molecular weight is 753 g/mol. The summed E-state index contributed by atoms with van der Waals surface area (Å²) in [5, 5.41) is 0. The number of carbonyl (C=O) groups is 3.